The molecule has 0 saturated heterocycles. The maximum absolute atomic E-state index is 12.8. The van der Waals surface area contributed by atoms with Gasteiger partial charge in [0.15, 0.2) is 0 Å². The molecule has 0 radical (unpaired) electrons. The summed E-state index contributed by atoms with van der Waals surface area (Å²) in [5.74, 6) is -0.106. The van der Waals surface area contributed by atoms with Crippen LogP contribution in [0.15, 0.2) is 41.3 Å². The van der Waals surface area contributed by atoms with Crippen LogP contribution in [0.3, 0.4) is 0 Å². The molecule has 1 N–H and O–H groups in total. The van der Waals surface area contributed by atoms with Gasteiger partial charge in [-0.25, -0.2) is 4.39 Å². The van der Waals surface area contributed by atoms with E-state index in [9.17, 15) is 9.50 Å². The number of hydrogen-bond donors (Lipinski definition) is 1. The van der Waals surface area contributed by atoms with Crippen molar-refractivity contribution in [3.63, 3.8) is 0 Å². The molecular weight excluding hydrogens is 185 g/mol. The van der Waals surface area contributed by atoms with Gasteiger partial charge < -0.3 is 9.52 Å². The molecule has 2 aromatic heterocycles. The van der Waals surface area contributed by atoms with Crippen molar-refractivity contribution in [2.75, 3.05) is 0 Å². The highest BCUT2D eigenvalue weighted by molar-refractivity contribution is 5.21. The largest absolute Gasteiger partial charge is 0.466 e. The van der Waals surface area contributed by atoms with Crippen molar-refractivity contribution in [3.8, 4) is 0 Å². The molecule has 2 heterocycles. The van der Waals surface area contributed by atoms with E-state index in [2.05, 4.69) is 4.98 Å². The van der Waals surface area contributed by atoms with Crippen LogP contribution in [0, 0.1) is 5.82 Å². The van der Waals surface area contributed by atoms with Gasteiger partial charge in [-0.2, -0.15) is 0 Å². The SMILES string of the molecule is OC(c1cncc(F)c1)c1ccco1. The molecule has 4 heteroatoms. The third kappa shape index (κ3) is 1.65. The minimum Gasteiger partial charge on any atom is -0.466 e. The molecule has 0 amide bonds. The van der Waals surface area contributed by atoms with Crippen LogP contribution in [0.4, 0.5) is 4.39 Å². The summed E-state index contributed by atoms with van der Waals surface area (Å²) in [6.07, 6.45) is 2.97. The maximum Gasteiger partial charge on any atom is 0.141 e. The number of nitrogens with zero attached hydrogens (tertiary/aromatic N) is 1. The molecular formula is C10H8FNO2. The van der Waals surface area contributed by atoms with Crippen molar-refractivity contribution in [1.82, 2.24) is 4.98 Å². The zero-order valence-electron chi connectivity index (χ0n) is 7.22. The summed E-state index contributed by atoms with van der Waals surface area (Å²) in [7, 11) is 0. The topological polar surface area (TPSA) is 46.3 Å². The first-order valence-electron chi connectivity index (χ1n) is 4.09. The van der Waals surface area contributed by atoms with Crippen LogP contribution in [0.25, 0.3) is 0 Å². The third-order valence-electron chi connectivity index (χ3n) is 1.85. The smallest absolute Gasteiger partial charge is 0.141 e. The number of rotatable bonds is 2. The van der Waals surface area contributed by atoms with Crippen LogP contribution in [0.5, 0.6) is 0 Å². The van der Waals surface area contributed by atoms with Gasteiger partial charge in [0.05, 0.1) is 12.5 Å². The normalized spacial score (nSPS) is 12.7. The van der Waals surface area contributed by atoms with E-state index in [0.29, 0.717) is 11.3 Å². The molecule has 0 spiro atoms. The van der Waals surface area contributed by atoms with Crippen molar-refractivity contribution < 1.29 is 13.9 Å². The second-order valence-electron chi connectivity index (χ2n) is 2.85. The monoisotopic (exact) mass is 193 g/mol. The Balaban J connectivity index is 2.32. The van der Waals surface area contributed by atoms with E-state index in [0.717, 1.165) is 6.20 Å². The molecule has 1 atom stereocenters. The molecule has 0 aliphatic carbocycles. The standard InChI is InChI=1S/C10H8FNO2/c11-8-4-7(5-12-6-8)10(13)9-2-1-3-14-9/h1-6,10,13H. The minimum absolute atomic E-state index is 0.373. The fourth-order valence-corrected chi connectivity index (χ4v) is 1.19. The summed E-state index contributed by atoms with van der Waals surface area (Å²) in [6.45, 7) is 0. The molecule has 1 unspecified atom stereocenters. The predicted molar refractivity (Wildman–Crippen MR) is 47.0 cm³/mol. The number of pyridine rings is 1. The Morgan fingerprint density at radius 1 is 1.43 bits per heavy atom. The average Bonchev–Trinajstić information content (AvgIpc) is 2.69. The first-order valence-corrected chi connectivity index (χ1v) is 4.09. The third-order valence-corrected chi connectivity index (χ3v) is 1.85. The van der Waals surface area contributed by atoms with Crippen molar-refractivity contribution in [2.24, 2.45) is 0 Å². The fraction of sp³-hybridized carbons (Fsp3) is 0.100. The summed E-state index contributed by atoms with van der Waals surface area (Å²) >= 11 is 0. The molecule has 0 aliphatic rings. The van der Waals surface area contributed by atoms with Gasteiger partial charge in [0.1, 0.15) is 17.7 Å². The zero-order valence-corrected chi connectivity index (χ0v) is 7.22. The van der Waals surface area contributed by atoms with Crippen LogP contribution >= 0.6 is 0 Å². The lowest BCUT2D eigenvalue weighted by Gasteiger charge is -2.06. The van der Waals surface area contributed by atoms with Gasteiger partial charge in [-0.3, -0.25) is 4.98 Å². The highest BCUT2D eigenvalue weighted by atomic mass is 19.1. The van der Waals surface area contributed by atoms with Crippen LogP contribution < -0.4 is 0 Å². The first kappa shape index (κ1) is 8.90. The Kier molecular flexibility index (Phi) is 2.28. The van der Waals surface area contributed by atoms with Crippen molar-refractivity contribution in [1.29, 1.82) is 0 Å². The molecule has 0 aliphatic heterocycles. The van der Waals surface area contributed by atoms with E-state index >= 15 is 0 Å². The second-order valence-corrected chi connectivity index (χ2v) is 2.85. The summed E-state index contributed by atoms with van der Waals surface area (Å²) in [5.41, 5.74) is 0.375. The van der Waals surface area contributed by atoms with Gasteiger partial charge in [-0.05, 0) is 18.2 Å². The number of halogens is 1. The van der Waals surface area contributed by atoms with Gasteiger partial charge in [0.2, 0.25) is 0 Å². The summed E-state index contributed by atoms with van der Waals surface area (Å²) in [4.78, 5) is 3.64. The highest BCUT2D eigenvalue weighted by Gasteiger charge is 2.13. The molecule has 72 valence electrons. The van der Waals surface area contributed by atoms with Gasteiger partial charge in [0, 0.05) is 11.8 Å². The number of aliphatic hydroxyl groups is 1. The lowest BCUT2D eigenvalue weighted by molar-refractivity contribution is 0.188. The number of aliphatic hydroxyl groups excluding tert-OH is 1. The van der Waals surface area contributed by atoms with Crippen LogP contribution in [-0.4, -0.2) is 10.1 Å². The van der Waals surface area contributed by atoms with Crippen LogP contribution in [0.2, 0.25) is 0 Å². The molecule has 0 bridgehead atoms. The first-order chi connectivity index (χ1) is 6.77. The maximum atomic E-state index is 12.8. The summed E-state index contributed by atoms with van der Waals surface area (Å²) in [6, 6.07) is 4.50. The molecule has 0 aromatic carbocycles. The van der Waals surface area contributed by atoms with Crippen molar-refractivity contribution in [2.45, 2.75) is 6.10 Å². The number of furan rings is 1. The zero-order chi connectivity index (χ0) is 9.97. The molecule has 3 nitrogen and oxygen atoms in total. The van der Waals surface area contributed by atoms with Crippen LogP contribution in [0.1, 0.15) is 17.4 Å². The summed E-state index contributed by atoms with van der Waals surface area (Å²) < 4.78 is 17.8. The van der Waals surface area contributed by atoms with Crippen molar-refractivity contribution >= 4 is 0 Å². The molecule has 0 saturated carbocycles. The van der Waals surface area contributed by atoms with Gasteiger partial charge in [-0.15, -0.1) is 0 Å². The lowest BCUT2D eigenvalue weighted by Crippen LogP contribution is -1.99. The Hall–Kier alpha value is -1.68. The average molecular weight is 193 g/mol. The van der Waals surface area contributed by atoms with Gasteiger partial charge >= 0.3 is 0 Å². The molecule has 0 fully saturated rings. The number of aromatic nitrogens is 1. The molecule has 2 aromatic rings. The minimum atomic E-state index is -0.965. The van der Waals surface area contributed by atoms with Gasteiger partial charge in [0.25, 0.3) is 0 Å². The van der Waals surface area contributed by atoms with E-state index in [1.807, 2.05) is 0 Å². The van der Waals surface area contributed by atoms with E-state index in [1.165, 1.54) is 18.5 Å². The predicted octanol–water partition coefficient (Wildman–Crippen LogP) is 1.90. The van der Waals surface area contributed by atoms with E-state index in [4.69, 9.17) is 4.42 Å². The second kappa shape index (κ2) is 3.59. The van der Waals surface area contributed by atoms with E-state index in [-0.39, 0.29) is 0 Å². The Labute approximate surface area is 79.8 Å². The Morgan fingerprint density at radius 2 is 2.29 bits per heavy atom. The highest BCUT2D eigenvalue weighted by Crippen LogP contribution is 2.21. The lowest BCUT2D eigenvalue weighted by atomic mass is 10.1. The van der Waals surface area contributed by atoms with Crippen LogP contribution in [-0.2, 0) is 0 Å². The Morgan fingerprint density at radius 3 is 2.93 bits per heavy atom. The van der Waals surface area contributed by atoms with E-state index < -0.39 is 11.9 Å². The van der Waals surface area contributed by atoms with Crippen molar-refractivity contribution in [3.05, 3.63) is 54.0 Å². The molecule has 14 heavy (non-hydrogen) atoms. The van der Waals surface area contributed by atoms with Gasteiger partial charge in [-0.1, -0.05) is 0 Å². The summed E-state index contributed by atoms with van der Waals surface area (Å²) in [5, 5.41) is 9.70. The quantitative estimate of drug-likeness (QED) is 0.792. The Bertz CT molecular complexity index is 414. The molecule has 2 rings (SSSR count). The fourth-order valence-electron chi connectivity index (χ4n) is 1.19. The van der Waals surface area contributed by atoms with E-state index in [1.54, 1.807) is 12.1 Å². The number of hydrogen-bond acceptors (Lipinski definition) is 3.